The largest absolute Gasteiger partial charge is 0.465 e. The summed E-state index contributed by atoms with van der Waals surface area (Å²) in [6.45, 7) is 8.01. The van der Waals surface area contributed by atoms with Gasteiger partial charge < -0.3 is 95.3 Å². The standard InChI is InChI=1S/C94H123NO33/c1-12-14-16-18-20-21-22-23-24-25-27-28-42-52-72(122-89(107)69-48-38-32-39-49-69)71(95-77(104)53-43-29-26-19-17-15-13-2)55-114-91-85(125-90(108)70-50-40-33-41-51-70)82(120-65(9)102)79(75(123-91)57-112-87(105)67-44-34-30-35-45-67)126-92-86(121-66(10)103)84(81(119-64(8)101)76(124-92)58-113-88(106)68-46-36-31-37-47-68)128-94(93(109)110-11)54-73(115-60(4)97)78(117-62(6)99)83(127-94)80(118-63(7)100)74(116-61(5)98)56-111-59(3)96/h30-42,44-52,71-76,78-86,91-92H,12-29,43,53-58H2,1-11H3,(H,95,104)/b52-42+/t71-,72+,73-,74+,75+,76+,78+,79+,80+,81-,82-,83-,84-,85+,86+,91+,92+,94-/m0/s1. The minimum absolute atomic E-state index is 0.00951. The van der Waals surface area contributed by atoms with Gasteiger partial charge in [0, 0.05) is 61.8 Å². The second-order valence-corrected chi connectivity index (χ2v) is 31.3. The van der Waals surface area contributed by atoms with Crippen molar-refractivity contribution in [3.8, 4) is 0 Å². The number of benzene rings is 4. The predicted molar refractivity (Wildman–Crippen MR) is 452 cm³/mol. The molecule has 0 saturated carbocycles. The summed E-state index contributed by atoms with van der Waals surface area (Å²) in [6.07, 6.45) is -12.9. The summed E-state index contributed by atoms with van der Waals surface area (Å²) >= 11 is 0. The van der Waals surface area contributed by atoms with Gasteiger partial charge in [0.1, 0.15) is 62.5 Å². The molecule has 128 heavy (non-hydrogen) atoms. The van der Waals surface area contributed by atoms with Crippen molar-refractivity contribution in [2.75, 3.05) is 33.5 Å². The molecule has 18 atom stereocenters. The fourth-order valence-corrected chi connectivity index (χ4v) is 15.0. The highest BCUT2D eigenvalue weighted by molar-refractivity contribution is 5.91. The first-order valence-electron chi connectivity index (χ1n) is 43.7. The lowest BCUT2D eigenvalue weighted by molar-refractivity contribution is -0.390. The van der Waals surface area contributed by atoms with Gasteiger partial charge in [-0.3, -0.25) is 43.2 Å². The van der Waals surface area contributed by atoms with Crippen LogP contribution in [0.15, 0.2) is 133 Å². The number of methoxy groups -OCH3 is 1. The van der Waals surface area contributed by atoms with Crippen molar-refractivity contribution in [3.63, 3.8) is 0 Å². The summed E-state index contributed by atoms with van der Waals surface area (Å²) < 4.78 is 118. The molecule has 0 unspecified atom stereocenters. The molecule has 3 aliphatic rings. The highest BCUT2D eigenvalue weighted by Gasteiger charge is 2.65. The average Bonchev–Trinajstić information content (AvgIpc) is 0.738. The fraction of sp³-hybridized carbons (Fsp3) is 0.574. The van der Waals surface area contributed by atoms with Crippen LogP contribution < -0.4 is 5.32 Å². The Morgan fingerprint density at radius 3 is 1.34 bits per heavy atom. The van der Waals surface area contributed by atoms with Crippen molar-refractivity contribution < 1.29 is 157 Å². The molecule has 0 aliphatic carbocycles. The van der Waals surface area contributed by atoms with Crippen LogP contribution in [0.25, 0.3) is 0 Å². The van der Waals surface area contributed by atoms with Gasteiger partial charge in [-0.15, -0.1) is 0 Å². The van der Waals surface area contributed by atoms with Gasteiger partial charge in [0.25, 0.3) is 5.79 Å². The van der Waals surface area contributed by atoms with Crippen LogP contribution in [-0.2, 0) is 138 Å². The second kappa shape index (κ2) is 55.0. The van der Waals surface area contributed by atoms with Crippen LogP contribution in [-0.4, -0.2) is 227 Å². The summed E-state index contributed by atoms with van der Waals surface area (Å²) in [5.74, 6) is -18.5. The van der Waals surface area contributed by atoms with Crippen LogP contribution in [0.2, 0.25) is 0 Å². The van der Waals surface area contributed by atoms with Crippen LogP contribution in [0.3, 0.4) is 0 Å². The van der Waals surface area contributed by atoms with Crippen LogP contribution in [0.4, 0.5) is 0 Å². The summed E-state index contributed by atoms with van der Waals surface area (Å²) in [7, 11) is 0.817. The van der Waals surface area contributed by atoms with E-state index in [1.165, 1.54) is 92.8 Å². The van der Waals surface area contributed by atoms with Gasteiger partial charge in [0.2, 0.25) is 5.91 Å². The minimum atomic E-state index is -3.33. The molecular weight excluding hydrogens is 1670 g/mol. The molecule has 34 nitrogen and oxygen atoms in total. The summed E-state index contributed by atoms with van der Waals surface area (Å²) in [5.41, 5.74) is 0.00281. The Balaban J connectivity index is 1.45. The molecule has 1 amide bonds. The lowest BCUT2D eigenvalue weighted by Crippen LogP contribution is -2.71. The number of allylic oxidation sites excluding steroid dienone is 1. The Hall–Kier alpha value is -11.0. The number of amides is 1. The summed E-state index contributed by atoms with van der Waals surface area (Å²) in [4.78, 5) is 197. The number of carbonyl (C=O) groups excluding carboxylic acids is 14. The Morgan fingerprint density at radius 1 is 0.422 bits per heavy atom. The molecular formula is C94H123NO33. The number of nitrogens with one attached hydrogen (secondary N) is 1. The van der Waals surface area contributed by atoms with Gasteiger partial charge in [-0.05, 0) is 73.9 Å². The maximum Gasteiger partial charge on any atom is 0.366 e. The number of hydrogen-bond donors (Lipinski definition) is 1. The SMILES string of the molecule is CCCCCCCCCCCCC/C=C/[C@@H](OC(=O)c1ccccc1)[C@H](CO[C@@H]1O[C@H](COC(=O)c2ccccc2)[C@@H](O[C@H]2O[C@H](COC(=O)c3ccccc3)[C@H](OC(C)=O)[C@H](O[C@]3(C(=O)OC)C[C@H](OC(C)=O)[C@@H](OC(C)=O)[C@@H]([C@H](OC(C)=O)[C@@H](COC(C)=O)OC(C)=O)O3)[C@H]2OC(C)=O)[C@H](OC(C)=O)[C@H]1OC(=O)c1ccccc1)NC(=O)CCCCCCCCC. The van der Waals surface area contributed by atoms with E-state index in [-0.39, 0.29) is 28.7 Å². The van der Waals surface area contributed by atoms with E-state index in [1.807, 2.05) is 6.08 Å². The Kier molecular flexibility index (Phi) is 44.7. The highest BCUT2D eigenvalue weighted by atomic mass is 16.8. The first-order valence-corrected chi connectivity index (χ1v) is 43.7. The van der Waals surface area contributed by atoms with E-state index in [0.29, 0.717) is 19.3 Å². The molecule has 3 fully saturated rings. The number of unbranched alkanes of at least 4 members (excludes halogenated alkanes) is 17. The monoisotopic (exact) mass is 1790 g/mol. The zero-order chi connectivity index (χ0) is 93.1. The van der Waals surface area contributed by atoms with E-state index < -0.39 is 226 Å². The lowest BCUT2D eigenvalue weighted by atomic mass is 9.89. The molecule has 3 aliphatic heterocycles. The number of esters is 13. The van der Waals surface area contributed by atoms with E-state index in [4.69, 9.17) is 90.0 Å². The Labute approximate surface area is 745 Å². The maximum atomic E-state index is 15.4. The minimum Gasteiger partial charge on any atom is -0.465 e. The van der Waals surface area contributed by atoms with E-state index in [1.54, 1.807) is 66.7 Å². The highest BCUT2D eigenvalue weighted by Crippen LogP contribution is 2.44. The molecule has 0 spiro atoms. The molecule has 7 rings (SSSR count). The number of rotatable bonds is 52. The molecule has 0 radical (unpaired) electrons. The van der Waals surface area contributed by atoms with E-state index in [9.17, 15) is 57.5 Å². The van der Waals surface area contributed by atoms with E-state index in [0.717, 1.165) is 133 Å². The third kappa shape index (κ3) is 34.5. The zero-order valence-electron chi connectivity index (χ0n) is 74.7. The van der Waals surface area contributed by atoms with Gasteiger partial charge >= 0.3 is 77.6 Å². The molecule has 4 aromatic rings. The summed E-state index contributed by atoms with van der Waals surface area (Å²) in [5, 5.41) is 3.05. The molecule has 3 saturated heterocycles. The molecule has 0 aromatic heterocycles. The van der Waals surface area contributed by atoms with Crippen molar-refractivity contribution in [1.82, 2.24) is 5.32 Å². The molecule has 3 heterocycles. The molecule has 34 heteroatoms. The second-order valence-electron chi connectivity index (χ2n) is 31.3. The van der Waals surface area contributed by atoms with Gasteiger partial charge in [-0.2, -0.15) is 0 Å². The number of carbonyl (C=O) groups is 14. The van der Waals surface area contributed by atoms with Crippen molar-refractivity contribution >= 4 is 83.5 Å². The number of ether oxygens (including phenoxy) is 19. The van der Waals surface area contributed by atoms with Crippen molar-refractivity contribution in [2.24, 2.45) is 0 Å². The Morgan fingerprint density at radius 2 is 0.859 bits per heavy atom. The summed E-state index contributed by atoms with van der Waals surface area (Å²) in [6, 6.07) is 29.1. The third-order valence-electron chi connectivity index (χ3n) is 20.8. The predicted octanol–water partition coefficient (Wildman–Crippen LogP) is 12.0. The van der Waals surface area contributed by atoms with Crippen LogP contribution in [0.5, 0.6) is 0 Å². The Bertz CT molecular complexity index is 4220. The fourth-order valence-electron chi connectivity index (χ4n) is 15.0. The van der Waals surface area contributed by atoms with Gasteiger partial charge in [-0.1, -0.05) is 195 Å². The quantitative estimate of drug-likeness (QED) is 0.0186. The average molecular weight is 1790 g/mol. The first-order chi connectivity index (χ1) is 61.4. The zero-order valence-corrected chi connectivity index (χ0v) is 74.7. The maximum absolute atomic E-state index is 15.4. The third-order valence-corrected chi connectivity index (χ3v) is 20.8. The lowest BCUT2D eigenvalue weighted by Gasteiger charge is -2.52. The molecule has 702 valence electrons. The molecule has 0 bridgehead atoms. The normalized spacial score (nSPS) is 22.8. The van der Waals surface area contributed by atoms with Crippen LogP contribution in [0.1, 0.15) is 246 Å². The van der Waals surface area contributed by atoms with Crippen LogP contribution >= 0.6 is 0 Å². The van der Waals surface area contributed by atoms with E-state index >= 15 is 9.59 Å². The number of hydrogen-bond acceptors (Lipinski definition) is 33. The van der Waals surface area contributed by atoms with Crippen molar-refractivity contribution in [2.45, 2.75) is 314 Å². The smallest absolute Gasteiger partial charge is 0.366 e. The van der Waals surface area contributed by atoms with Gasteiger partial charge in [-0.25, -0.2) is 24.0 Å². The topological polar surface area (TPSA) is 426 Å². The van der Waals surface area contributed by atoms with Gasteiger partial charge in [0.15, 0.2) is 55.3 Å². The van der Waals surface area contributed by atoms with Crippen molar-refractivity contribution in [3.05, 3.63) is 156 Å². The first kappa shape index (κ1) is 104. The van der Waals surface area contributed by atoms with Crippen LogP contribution in [0, 0.1) is 0 Å². The van der Waals surface area contributed by atoms with Gasteiger partial charge in [0.05, 0.1) is 48.4 Å². The van der Waals surface area contributed by atoms with Crippen molar-refractivity contribution in [1.29, 1.82) is 0 Å². The molecule has 1 N–H and O–H groups in total. The molecule has 4 aromatic carbocycles. The van der Waals surface area contributed by atoms with E-state index in [2.05, 4.69) is 19.2 Å².